The molecule has 0 radical (unpaired) electrons. The third-order valence-corrected chi connectivity index (χ3v) is 11.6. The molecule has 0 bridgehead atoms. The van der Waals surface area contributed by atoms with Crippen LogP contribution in [0.4, 0.5) is 0 Å². The minimum absolute atomic E-state index is 0.0964. The molecular weight excluding hydrogens is 794 g/mol. The molecule has 0 aromatic carbocycles. The number of phosphoric ester groups is 1. The molecule has 0 aliphatic carbocycles. The second-order valence-electron chi connectivity index (χ2n) is 16.6. The molecule has 2 atom stereocenters. The van der Waals surface area contributed by atoms with Gasteiger partial charge in [-0.3, -0.25) is 13.8 Å². The van der Waals surface area contributed by atoms with Gasteiger partial charge in [0, 0.05) is 19.6 Å². The second-order valence-corrected chi connectivity index (χ2v) is 18.1. The van der Waals surface area contributed by atoms with Crippen molar-refractivity contribution in [2.24, 2.45) is 5.73 Å². The zero-order chi connectivity index (χ0) is 45.1. The van der Waals surface area contributed by atoms with E-state index in [1.54, 1.807) is 0 Å². The Balaban J connectivity index is 3.95. The molecule has 360 valence electrons. The van der Waals surface area contributed by atoms with Gasteiger partial charge >= 0.3 is 13.8 Å². The van der Waals surface area contributed by atoms with Crippen LogP contribution < -0.4 is 5.73 Å². The standard InChI is InChI=1S/C53H96NO7P/c1-3-5-7-9-11-13-15-17-19-21-23-24-25-26-27-28-29-30-32-34-36-38-40-42-44-46-53(55)61-52(51-60-62(56,57)59-49-47-54)50-58-48-45-43-41-39-37-35-33-31-22-20-18-16-14-12-10-8-6-4-2/h5,7,11-14,17-20,23-24,52H,3-4,6,8-10,15-16,21-22,25-51,54H2,1-2H3,(H,56,57)/b7-5-,13-11-,14-12-,19-17-,20-18-,24-23-. The van der Waals surface area contributed by atoms with E-state index >= 15 is 0 Å². The van der Waals surface area contributed by atoms with E-state index in [0.717, 1.165) is 64.2 Å². The van der Waals surface area contributed by atoms with Gasteiger partial charge in [-0.25, -0.2) is 4.57 Å². The highest BCUT2D eigenvalue weighted by atomic mass is 31.2. The Morgan fingerprint density at radius 1 is 0.500 bits per heavy atom. The van der Waals surface area contributed by atoms with Crippen LogP contribution in [0, 0.1) is 0 Å². The van der Waals surface area contributed by atoms with Crippen LogP contribution in [0.1, 0.15) is 219 Å². The van der Waals surface area contributed by atoms with Gasteiger partial charge in [-0.05, 0) is 83.5 Å². The fourth-order valence-corrected chi connectivity index (χ4v) is 7.67. The summed E-state index contributed by atoms with van der Waals surface area (Å²) >= 11 is 0. The van der Waals surface area contributed by atoms with E-state index in [-0.39, 0.29) is 32.3 Å². The SMILES string of the molecule is CC/C=C\C/C=C\C/C=C\C/C=C\CCCCCCCCCCCCCCC(=O)OC(COCCCCCCCCCC/C=C\C/C=C\CCCCC)COP(=O)(O)OCCN. The van der Waals surface area contributed by atoms with Gasteiger partial charge in [0.25, 0.3) is 0 Å². The number of unbranched alkanes of at least 4 members (excludes halogenated alkanes) is 23. The number of hydrogen-bond acceptors (Lipinski definition) is 7. The molecule has 3 N–H and O–H groups in total. The number of carbonyl (C=O) groups is 1. The average Bonchev–Trinajstić information content (AvgIpc) is 3.26. The predicted molar refractivity (Wildman–Crippen MR) is 265 cm³/mol. The number of hydrogen-bond donors (Lipinski definition) is 2. The summed E-state index contributed by atoms with van der Waals surface area (Å²) in [5.74, 6) is -0.336. The third-order valence-electron chi connectivity index (χ3n) is 10.6. The van der Waals surface area contributed by atoms with Crippen LogP contribution in [0.2, 0.25) is 0 Å². The fraction of sp³-hybridized carbons (Fsp3) is 0.755. The molecular formula is C53H96NO7P. The predicted octanol–water partition coefficient (Wildman–Crippen LogP) is 15.9. The summed E-state index contributed by atoms with van der Waals surface area (Å²) in [6, 6.07) is 0. The molecule has 0 aromatic rings. The van der Waals surface area contributed by atoms with Crippen LogP contribution >= 0.6 is 7.82 Å². The lowest BCUT2D eigenvalue weighted by molar-refractivity contribution is -0.154. The summed E-state index contributed by atoms with van der Waals surface area (Å²) in [5, 5.41) is 0. The highest BCUT2D eigenvalue weighted by Gasteiger charge is 2.25. The summed E-state index contributed by atoms with van der Waals surface area (Å²) in [7, 11) is -4.29. The number of esters is 1. The maximum atomic E-state index is 12.7. The zero-order valence-corrected chi connectivity index (χ0v) is 41.0. The number of phosphoric acid groups is 1. The first-order valence-corrected chi connectivity index (χ1v) is 26.9. The maximum Gasteiger partial charge on any atom is 0.472 e. The molecule has 0 saturated heterocycles. The van der Waals surface area contributed by atoms with Crippen molar-refractivity contribution in [3.8, 4) is 0 Å². The van der Waals surface area contributed by atoms with Crippen molar-refractivity contribution in [2.75, 3.05) is 33.0 Å². The summed E-state index contributed by atoms with van der Waals surface area (Å²) in [6.07, 6.45) is 63.6. The van der Waals surface area contributed by atoms with E-state index < -0.39 is 13.9 Å². The molecule has 8 nitrogen and oxygen atoms in total. The molecule has 62 heavy (non-hydrogen) atoms. The Labute approximate surface area is 382 Å². The van der Waals surface area contributed by atoms with Gasteiger partial charge in [0.2, 0.25) is 0 Å². The Kier molecular flexibility index (Phi) is 48.3. The van der Waals surface area contributed by atoms with Gasteiger partial charge in [0.1, 0.15) is 6.10 Å². The molecule has 2 unspecified atom stereocenters. The minimum Gasteiger partial charge on any atom is -0.457 e. The normalized spacial score (nSPS) is 13.9. The van der Waals surface area contributed by atoms with Gasteiger partial charge in [-0.15, -0.1) is 0 Å². The maximum absolute atomic E-state index is 12.7. The van der Waals surface area contributed by atoms with E-state index in [0.29, 0.717) is 13.0 Å². The van der Waals surface area contributed by atoms with Crippen LogP contribution in [0.25, 0.3) is 0 Å². The highest BCUT2D eigenvalue weighted by Crippen LogP contribution is 2.43. The van der Waals surface area contributed by atoms with Crippen LogP contribution in [-0.2, 0) is 27.9 Å². The van der Waals surface area contributed by atoms with Gasteiger partial charge in [-0.1, -0.05) is 202 Å². The van der Waals surface area contributed by atoms with Crippen molar-refractivity contribution in [2.45, 2.75) is 225 Å². The molecule has 0 rings (SSSR count). The van der Waals surface area contributed by atoms with Crippen molar-refractivity contribution in [1.29, 1.82) is 0 Å². The lowest BCUT2D eigenvalue weighted by atomic mass is 10.0. The average molecular weight is 890 g/mol. The molecule has 0 spiro atoms. The van der Waals surface area contributed by atoms with Crippen LogP contribution in [0.15, 0.2) is 72.9 Å². The van der Waals surface area contributed by atoms with Crippen LogP contribution in [0.3, 0.4) is 0 Å². The lowest BCUT2D eigenvalue weighted by Gasteiger charge is -2.20. The summed E-state index contributed by atoms with van der Waals surface area (Å²) < 4.78 is 33.6. The lowest BCUT2D eigenvalue weighted by Crippen LogP contribution is -2.28. The first-order valence-electron chi connectivity index (χ1n) is 25.4. The van der Waals surface area contributed by atoms with Crippen molar-refractivity contribution in [1.82, 2.24) is 0 Å². The highest BCUT2D eigenvalue weighted by molar-refractivity contribution is 7.47. The van der Waals surface area contributed by atoms with Gasteiger partial charge in [-0.2, -0.15) is 0 Å². The molecule has 0 amide bonds. The van der Waals surface area contributed by atoms with E-state index in [1.807, 2.05) is 0 Å². The summed E-state index contributed by atoms with van der Waals surface area (Å²) in [5.41, 5.74) is 5.39. The van der Waals surface area contributed by atoms with Gasteiger partial charge in [0.05, 0.1) is 19.8 Å². The van der Waals surface area contributed by atoms with Crippen molar-refractivity contribution < 1.29 is 32.8 Å². The topological polar surface area (TPSA) is 117 Å². The minimum atomic E-state index is -4.29. The van der Waals surface area contributed by atoms with E-state index in [2.05, 4.69) is 86.8 Å². The van der Waals surface area contributed by atoms with Crippen molar-refractivity contribution >= 4 is 13.8 Å². The van der Waals surface area contributed by atoms with Gasteiger partial charge in [0.15, 0.2) is 0 Å². The number of allylic oxidation sites excluding steroid dienone is 12. The van der Waals surface area contributed by atoms with Crippen molar-refractivity contribution in [3.05, 3.63) is 72.9 Å². The molecule has 0 aliphatic rings. The van der Waals surface area contributed by atoms with Crippen LogP contribution in [0.5, 0.6) is 0 Å². The zero-order valence-electron chi connectivity index (χ0n) is 40.1. The third kappa shape index (κ3) is 49.0. The van der Waals surface area contributed by atoms with E-state index in [4.69, 9.17) is 24.3 Å². The van der Waals surface area contributed by atoms with Crippen molar-refractivity contribution in [3.63, 3.8) is 0 Å². The molecule has 0 aromatic heterocycles. The Morgan fingerprint density at radius 2 is 0.903 bits per heavy atom. The monoisotopic (exact) mass is 890 g/mol. The second kappa shape index (κ2) is 49.9. The Hall–Kier alpha value is -2.06. The van der Waals surface area contributed by atoms with Crippen LogP contribution in [-0.4, -0.2) is 49.9 Å². The Bertz CT molecular complexity index is 1180. The van der Waals surface area contributed by atoms with E-state index in [9.17, 15) is 14.3 Å². The molecule has 0 fully saturated rings. The summed E-state index contributed by atoms with van der Waals surface area (Å²) in [6.45, 7) is 4.78. The number of nitrogens with two attached hydrogens (primary N) is 1. The molecule has 0 heterocycles. The fourth-order valence-electron chi connectivity index (χ4n) is 6.90. The quantitative estimate of drug-likeness (QED) is 0.0268. The number of carbonyl (C=O) groups excluding carboxylic acids is 1. The largest absolute Gasteiger partial charge is 0.472 e. The number of rotatable bonds is 48. The molecule has 0 saturated carbocycles. The van der Waals surface area contributed by atoms with E-state index in [1.165, 1.54) is 135 Å². The Morgan fingerprint density at radius 3 is 1.35 bits per heavy atom. The van der Waals surface area contributed by atoms with Gasteiger partial charge < -0.3 is 20.1 Å². The summed E-state index contributed by atoms with van der Waals surface area (Å²) in [4.78, 5) is 22.6. The first kappa shape index (κ1) is 59.9. The molecule has 9 heteroatoms. The number of ether oxygens (including phenoxy) is 2. The molecule has 0 aliphatic heterocycles. The smallest absolute Gasteiger partial charge is 0.457 e. The first-order chi connectivity index (χ1) is 30.4.